The van der Waals surface area contributed by atoms with Gasteiger partial charge in [-0.15, -0.1) is 0 Å². The molecule has 0 spiro atoms. The molecule has 0 atom stereocenters. The number of ether oxygens (including phenoxy) is 2. The Morgan fingerprint density at radius 3 is 2.74 bits per heavy atom. The Balaban J connectivity index is 2.12. The predicted octanol–water partition coefficient (Wildman–Crippen LogP) is 0.362. The van der Waals surface area contributed by atoms with Crippen LogP contribution in [0.5, 0.6) is 5.75 Å². The van der Waals surface area contributed by atoms with E-state index < -0.39 is 5.97 Å². The third-order valence-electron chi connectivity index (χ3n) is 2.29. The van der Waals surface area contributed by atoms with Gasteiger partial charge in [0.25, 0.3) is 0 Å². The monoisotopic (exact) mass is 269 g/mol. The van der Waals surface area contributed by atoms with E-state index in [9.17, 15) is 4.79 Å². The third kappa shape index (κ3) is 6.76. The number of carbonyl (C=O) groups is 1. The molecule has 0 aliphatic heterocycles. The molecule has 1 aromatic carbocycles. The van der Waals surface area contributed by atoms with E-state index in [1.54, 1.807) is 12.1 Å². The summed E-state index contributed by atoms with van der Waals surface area (Å²) in [5.41, 5.74) is 0.211. The van der Waals surface area contributed by atoms with Crippen molar-refractivity contribution in [2.45, 2.75) is 0 Å². The highest BCUT2D eigenvalue weighted by atomic mass is 16.5. The van der Waals surface area contributed by atoms with Crippen LogP contribution in [0.3, 0.4) is 0 Å². The van der Waals surface area contributed by atoms with E-state index in [0.717, 1.165) is 0 Å². The maximum Gasteiger partial charge on any atom is 0.335 e. The van der Waals surface area contributed by atoms with Crippen molar-refractivity contribution < 1.29 is 24.5 Å². The highest BCUT2D eigenvalue weighted by molar-refractivity contribution is 5.87. The second kappa shape index (κ2) is 9.32. The zero-order chi connectivity index (χ0) is 13.9. The summed E-state index contributed by atoms with van der Waals surface area (Å²) >= 11 is 0. The van der Waals surface area contributed by atoms with Gasteiger partial charge in [0.1, 0.15) is 12.4 Å². The summed E-state index contributed by atoms with van der Waals surface area (Å²) in [5.74, 6) is -0.428. The Morgan fingerprint density at radius 1 is 1.21 bits per heavy atom. The molecule has 3 N–H and O–H groups in total. The minimum atomic E-state index is -0.968. The molecule has 0 unspecified atom stereocenters. The van der Waals surface area contributed by atoms with E-state index >= 15 is 0 Å². The normalized spacial score (nSPS) is 10.4. The lowest BCUT2D eigenvalue weighted by Gasteiger charge is -2.08. The minimum Gasteiger partial charge on any atom is -0.492 e. The first kappa shape index (κ1) is 15.4. The molecule has 0 aliphatic carbocycles. The number of nitrogens with one attached hydrogen (secondary N) is 1. The standard InChI is InChI=1S/C13H19NO5/c15-6-9-18-7-4-14-5-8-19-12-3-1-2-11(10-12)13(16)17/h1-3,10,14-15H,4-9H2,(H,16,17). The average Bonchev–Trinajstić information content (AvgIpc) is 2.42. The molecule has 0 aromatic heterocycles. The molecule has 6 nitrogen and oxygen atoms in total. The molecule has 1 rings (SSSR count). The second-order valence-corrected chi connectivity index (χ2v) is 3.77. The van der Waals surface area contributed by atoms with Crippen LogP contribution in [-0.4, -0.2) is 55.7 Å². The zero-order valence-corrected chi connectivity index (χ0v) is 10.7. The highest BCUT2D eigenvalue weighted by Gasteiger charge is 2.03. The van der Waals surface area contributed by atoms with Crippen molar-refractivity contribution in [2.75, 3.05) is 39.5 Å². The first-order valence-electron chi connectivity index (χ1n) is 6.09. The summed E-state index contributed by atoms with van der Waals surface area (Å²) in [6, 6.07) is 6.38. The number of aliphatic hydroxyl groups is 1. The number of hydrogen-bond acceptors (Lipinski definition) is 5. The van der Waals surface area contributed by atoms with Gasteiger partial charge in [-0.1, -0.05) is 6.07 Å². The van der Waals surface area contributed by atoms with Gasteiger partial charge in [-0.2, -0.15) is 0 Å². The Hall–Kier alpha value is -1.63. The molecule has 0 saturated carbocycles. The Bertz CT molecular complexity index is 383. The maximum atomic E-state index is 10.8. The largest absolute Gasteiger partial charge is 0.492 e. The number of benzene rings is 1. The summed E-state index contributed by atoms with van der Waals surface area (Å²) in [4.78, 5) is 10.8. The fraction of sp³-hybridized carbons (Fsp3) is 0.462. The topological polar surface area (TPSA) is 88.0 Å². The predicted molar refractivity (Wildman–Crippen MR) is 69.7 cm³/mol. The number of carboxylic acids is 1. The van der Waals surface area contributed by atoms with Crippen LogP contribution in [0.25, 0.3) is 0 Å². The van der Waals surface area contributed by atoms with E-state index in [4.69, 9.17) is 19.7 Å². The average molecular weight is 269 g/mol. The molecular formula is C13H19NO5. The van der Waals surface area contributed by atoms with Gasteiger partial charge in [-0.3, -0.25) is 0 Å². The van der Waals surface area contributed by atoms with Crippen LogP contribution >= 0.6 is 0 Å². The van der Waals surface area contributed by atoms with Crippen molar-refractivity contribution in [3.63, 3.8) is 0 Å². The minimum absolute atomic E-state index is 0.0308. The van der Waals surface area contributed by atoms with Gasteiger partial charge in [0, 0.05) is 13.1 Å². The van der Waals surface area contributed by atoms with Crippen LogP contribution in [0, 0.1) is 0 Å². The molecule has 0 radical (unpaired) electrons. The smallest absolute Gasteiger partial charge is 0.335 e. The van der Waals surface area contributed by atoms with Gasteiger partial charge in [-0.05, 0) is 18.2 Å². The van der Waals surface area contributed by atoms with Crippen molar-refractivity contribution in [2.24, 2.45) is 0 Å². The fourth-order valence-corrected chi connectivity index (χ4v) is 1.40. The Kier molecular flexibility index (Phi) is 7.57. The molecule has 0 amide bonds. The second-order valence-electron chi connectivity index (χ2n) is 3.77. The van der Waals surface area contributed by atoms with Gasteiger partial charge in [0.15, 0.2) is 0 Å². The molecule has 1 aromatic rings. The first-order chi connectivity index (χ1) is 9.24. The zero-order valence-electron chi connectivity index (χ0n) is 10.7. The van der Waals surface area contributed by atoms with Gasteiger partial charge in [0.05, 0.1) is 25.4 Å². The van der Waals surface area contributed by atoms with Gasteiger partial charge in [-0.25, -0.2) is 4.79 Å². The van der Waals surface area contributed by atoms with E-state index in [-0.39, 0.29) is 12.2 Å². The summed E-state index contributed by atoms with van der Waals surface area (Å²) in [7, 11) is 0. The third-order valence-corrected chi connectivity index (χ3v) is 2.29. The van der Waals surface area contributed by atoms with Crippen molar-refractivity contribution in [3.8, 4) is 5.75 Å². The molecule has 0 heterocycles. The van der Waals surface area contributed by atoms with Crippen LogP contribution in [0.2, 0.25) is 0 Å². The summed E-state index contributed by atoms with van der Waals surface area (Å²) in [6.07, 6.45) is 0. The van der Waals surface area contributed by atoms with Crippen LogP contribution < -0.4 is 10.1 Å². The Labute approximate surface area is 112 Å². The summed E-state index contributed by atoms with van der Waals surface area (Å²) in [6.45, 7) is 2.68. The molecule has 6 heteroatoms. The summed E-state index contributed by atoms with van der Waals surface area (Å²) < 4.78 is 10.5. The number of aromatic carboxylic acids is 1. The van der Waals surface area contributed by atoms with E-state index in [2.05, 4.69) is 5.32 Å². The number of rotatable bonds is 10. The van der Waals surface area contributed by atoms with Crippen molar-refractivity contribution in [1.29, 1.82) is 0 Å². The first-order valence-corrected chi connectivity index (χ1v) is 6.09. The molecule has 19 heavy (non-hydrogen) atoms. The van der Waals surface area contributed by atoms with Crippen LogP contribution in [0.1, 0.15) is 10.4 Å². The van der Waals surface area contributed by atoms with Gasteiger partial charge >= 0.3 is 5.97 Å². The molecule has 106 valence electrons. The molecule has 0 bridgehead atoms. The molecule has 0 aliphatic rings. The summed E-state index contributed by atoms with van der Waals surface area (Å²) in [5, 5.41) is 20.4. The van der Waals surface area contributed by atoms with Crippen LogP contribution in [-0.2, 0) is 4.74 Å². The number of hydrogen-bond donors (Lipinski definition) is 3. The molecular weight excluding hydrogens is 250 g/mol. The lowest BCUT2D eigenvalue weighted by atomic mass is 10.2. The van der Waals surface area contributed by atoms with Crippen molar-refractivity contribution >= 4 is 5.97 Å². The number of aliphatic hydroxyl groups excluding tert-OH is 1. The van der Waals surface area contributed by atoms with Crippen LogP contribution in [0.4, 0.5) is 0 Å². The maximum absolute atomic E-state index is 10.8. The van der Waals surface area contributed by atoms with Crippen molar-refractivity contribution in [3.05, 3.63) is 29.8 Å². The quantitative estimate of drug-likeness (QED) is 0.532. The highest BCUT2D eigenvalue weighted by Crippen LogP contribution is 2.12. The van der Waals surface area contributed by atoms with E-state index in [0.29, 0.717) is 38.7 Å². The fourth-order valence-electron chi connectivity index (χ4n) is 1.40. The number of carboxylic acid groups (broad SMARTS) is 1. The lowest BCUT2D eigenvalue weighted by molar-refractivity contribution is 0.0696. The van der Waals surface area contributed by atoms with E-state index in [1.165, 1.54) is 12.1 Å². The van der Waals surface area contributed by atoms with Crippen molar-refractivity contribution in [1.82, 2.24) is 5.32 Å². The lowest BCUT2D eigenvalue weighted by Crippen LogP contribution is -2.25. The van der Waals surface area contributed by atoms with Crippen LogP contribution in [0.15, 0.2) is 24.3 Å². The molecule has 0 saturated heterocycles. The Morgan fingerprint density at radius 2 is 2.00 bits per heavy atom. The van der Waals surface area contributed by atoms with Gasteiger partial charge < -0.3 is 25.0 Å². The van der Waals surface area contributed by atoms with Gasteiger partial charge in [0.2, 0.25) is 0 Å². The molecule has 0 fully saturated rings. The van der Waals surface area contributed by atoms with E-state index in [1.807, 2.05) is 0 Å². The SMILES string of the molecule is O=C(O)c1cccc(OCCNCCOCCO)c1.